The Morgan fingerprint density at radius 2 is 1.81 bits per heavy atom. The number of rotatable bonds is 6. The van der Waals surface area contributed by atoms with Gasteiger partial charge in [0.15, 0.2) is 5.76 Å². The first-order valence-electron chi connectivity index (χ1n) is 8.46. The molecule has 0 saturated carbocycles. The largest absolute Gasteiger partial charge is 0.451 e. The average Bonchev–Trinajstić information content (AvgIpc) is 3.11. The fourth-order valence-electron chi connectivity index (χ4n) is 2.87. The van der Waals surface area contributed by atoms with Gasteiger partial charge < -0.3 is 9.73 Å². The number of hydrogen-bond acceptors (Lipinski definition) is 4. The average molecular weight is 352 g/mol. The quantitative estimate of drug-likeness (QED) is 0.464. The van der Waals surface area contributed by atoms with Gasteiger partial charge in [-0.2, -0.15) is 0 Å². The first-order valence-corrected chi connectivity index (χ1v) is 8.46. The molecule has 0 aliphatic rings. The van der Waals surface area contributed by atoms with E-state index in [1.807, 2.05) is 31.2 Å². The van der Waals surface area contributed by atoms with Gasteiger partial charge in [0, 0.05) is 10.9 Å². The number of benzene rings is 2. The fourth-order valence-corrected chi connectivity index (χ4v) is 2.87. The van der Waals surface area contributed by atoms with E-state index in [9.17, 15) is 9.59 Å². The highest BCUT2D eigenvalue weighted by Gasteiger charge is 2.18. The lowest BCUT2D eigenvalue weighted by Gasteiger charge is -2.18. The number of para-hydroxylation sites is 1. The number of fused-ring (bicyclic) bond motifs is 1. The highest BCUT2D eigenvalue weighted by molar-refractivity contribution is 5.96. The van der Waals surface area contributed by atoms with Gasteiger partial charge in [-0.15, -0.1) is 0 Å². The van der Waals surface area contributed by atoms with E-state index in [1.54, 1.807) is 35.8 Å². The summed E-state index contributed by atoms with van der Waals surface area (Å²) >= 11 is 0. The van der Waals surface area contributed by atoms with Crippen molar-refractivity contribution in [1.29, 1.82) is 0 Å². The Morgan fingerprint density at radius 3 is 2.46 bits per heavy atom. The van der Waals surface area contributed by atoms with Gasteiger partial charge in [-0.05, 0) is 36.2 Å². The molecule has 3 aromatic rings. The van der Waals surface area contributed by atoms with Crippen molar-refractivity contribution in [2.45, 2.75) is 25.8 Å². The van der Waals surface area contributed by atoms with Gasteiger partial charge in [-0.3, -0.25) is 14.8 Å². The van der Waals surface area contributed by atoms with Crippen LogP contribution in [0.25, 0.3) is 11.0 Å². The van der Waals surface area contributed by atoms with Crippen LogP contribution < -0.4 is 10.8 Å². The Kier molecular flexibility index (Phi) is 5.34. The van der Waals surface area contributed by atoms with Gasteiger partial charge in [0.05, 0.1) is 6.04 Å². The predicted octanol–water partition coefficient (Wildman–Crippen LogP) is 3.82. The molecule has 26 heavy (non-hydrogen) atoms. The van der Waals surface area contributed by atoms with Crippen LogP contribution in [0.3, 0.4) is 0 Å². The van der Waals surface area contributed by atoms with Gasteiger partial charge in [0.1, 0.15) is 5.58 Å². The number of amides is 2. The van der Waals surface area contributed by atoms with Crippen molar-refractivity contribution in [2.24, 2.45) is 0 Å². The van der Waals surface area contributed by atoms with Crippen molar-refractivity contribution in [3.63, 3.8) is 0 Å². The Hall–Kier alpha value is -3.12. The molecular formula is C20H20N2O4. The Labute approximate surface area is 150 Å². The molecule has 0 saturated heterocycles. The van der Waals surface area contributed by atoms with Crippen molar-refractivity contribution in [2.75, 3.05) is 0 Å². The summed E-state index contributed by atoms with van der Waals surface area (Å²) < 4.78 is 5.62. The Balaban J connectivity index is 1.79. The number of furan rings is 1. The van der Waals surface area contributed by atoms with E-state index in [-0.39, 0.29) is 17.7 Å². The second-order valence-electron chi connectivity index (χ2n) is 6.03. The molecular weight excluding hydrogens is 332 g/mol. The van der Waals surface area contributed by atoms with Crippen molar-refractivity contribution >= 4 is 22.8 Å². The van der Waals surface area contributed by atoms with E-state index < -0.39 is 5.91 Å². The molecule has 2 aromatic carbocycles. The summed E-state index contributed by atoms with van der Waals surface area (Å²) in [7, 11) is 0. The number of carbonyl (C=O) groups is 2. The molecule has 1 unspecified atom stereocenters. The van der Waals surface area contributed by atoms with Crippen LogP contribution in [0.2, 0.25) is 0 Å². The number of nitrogens with one attached hydrogen (secondary N) is 2. The zero-order valence-electron chi connectivity index (χ0n) is 14.4. The topological polar surface area (TPSA) is 91.6 Å². The van der Waals surface area contributed by atoms with Gasteiger partial charge in [-0.25, -0.2) is 5.48 Å². The van der Waals surface area contributed by atoms with Crippen LogP contribution >= 0.6 is 0 Å². The molecule has 0 fully saturated rings. The minimum atomic E-state index is -0.574. The molecule has 0 spiro atoms. The molecule has 134 valence electrons. The van der Waals surface area contributed by atoms with Crippen LogP contribution in [0.15, 0.2) is 59.0 Å². The van der Waals surface area contributed by atoms with E-state index in [0.29, 0.717) is 11.1 Å². The molecule has 1 aromatic heterocycles. The van der Waals surface area contributed by atoms with Crippen LogP contribution in [-0.4, -0.2) is 17.0 Å². The van der Waals surface area contributed by atoms with Crippen molar-refractivity contribution in [3.05, 3.63) is 71.5 Å². The van der Waals surface area contributed by atoms with E-state index >= 15 is 0 Å². The Bertz CT molecular complexity index is 882. The maximum Gasteiger partial charge on any atom is 0.287 e. The second kappa shape index (κ2) is 7.84. The molecule has 0 aliphatic heterocycles. The standard InChI is InChI=1S/C20H20N2O4/c1-2-5-16(13-8-10-14(11-9-13)19(23)22-25)21-20(24)18-12-15-6-3-4-7-17(15)26-18/h3-4,6-12,16,25H,2,5H2,1H3,(H,21,24)(H,22,23). The van der Waals surface area contributed by atoms with Crippen LogP contribution in [0.4, 0.5) is 0 Å². The molecule has 1 heterocycles. The molecule has 3 N–H and O–H groups in total. The number of hydrogen-bond donors (Lipinski definition) is 3. The number of carbonyl (C=O) groups excluding carboxylic acids is 2. The minimum absolute atomic E-state index is 0.202. The zero-order chi connectivity index (χ0) is 18.5. The highest BCUT2D eigenvalue weighted by Crippen LogP contribution is 2.22. The van der Waals surface area contributed by atoms with Crippen LogP contribution in [0, 0.1) is 0 Å². The SMILES string of the molecule is CCCC(NC(=O)c1cc2ccccc2o1)c1ccc(C(=O)NO)cc1. The van der Waals surface area contributed by atoms with Gasteiger partial charge in [0.2, 0.25) is 0 Å². The van der Waals surface area contributed by atoms with Gasteiger partial charge in [-0.1, -0.05) is 43.7 Å². The summed E-state index contributed by atoms with van der Waals surface area (Å²) in [6.07, 6.45) is 1.63. The highest BCUT2D eigenvalue weighted by atomic mass is 16.5. The third-order valence-electron chi connectivity index (χ3n) is 4.21. The summed E-state index contributed by atoms with van der Waals surface area (Å²) in [6, 6.07) is 15.7. The summed E-state index contributed by atoms with van der Waals surface area (Å²) in [5.41, 5.74) is 3.49. The second-order valence-corrected chi connectivity index (χ2v) is 6.03. The lowest BCUT2D eigenvalue weighted by Crippen LogP contribution is -2.28. The predicted molar refractivity (Wildman–Crippen MR) is 97.0 cm³/mol. The third kappa shape index (κ3) is 3.75. The monoisotopic (exact) mass is 352 g/mol. The first kappa shape index (κ1) is 17.7. The molecule has 0 radical (unpaired) electrons. The molecule has 2 amide bonds. The third-order valence-corrected chi connectivity index (χ3v) is 4.21. The van der Waals surface area contributed by atoms with Crippen molar-refractivity contribution in [1.82, 2.24) is 10.8 Å². The lowest BCUT2D eigenvalue weighted by molar-refractivity contribution is 0.0706. The van der Waals surface area contributed by atoms with Gasteiger partial charge >= 0.3 is 0 Å². The molecule has 3 rings (SSSR count). The van der Waals surface area contributed by atoms with Crippen LogP contribution in [-0.2, 0) is 0 Å². The summed E-state index contributed by atoms with van der Waals surface area (Å²) in [5, 5.41) is 12.6. The normalized spacial score (nSPS) is 11.9. The van der Waals surface area contributed by atoms with E-state index in [0.717, 1.165) is 23.8 Å². The summed E-state index contributed by atoms with van der Waals surface area (Å²) in [5.74, 6) is -0.588. The molecule has 0 bridgehead atoms. The lowest BCUT2D eigenvalue weighted by atomic mass is 10.0. The maximum absolute atomic E-state index is 12.6. The smallest absolute Gasteiger partial charge is 0.287 e. The zero-order valence-corrected chi connectivity index (χ0v) is 14.4. The first-order chi connectivity index (χ1) is 12.6. The van der Waals surface area contributed by atoms with E-state index in [1.165, 1.54) is 0 Å². The Morgan fingerprint density at radius 1 is 1.08 bits per heavy atom. The van der Waals surface area contributed by atoms with E-state index in [2.05, 4.69) is 5.32 Å². The summed E-state index contributed by atoms with van der Waals surface area (Å²) in [6.45, 7) is 2.04. The maximum atomic E-state index is 12.6. The summed E-state index contributed by atoms with van der Waals surface area (Å²) in [4.78, 5) is 24.0. The van der Waals surface area contributed by atoms with Crippen LogP contribution in [0.5, 0.6) is 0 Å². The molecule has 6 heteroatoms. The molecule has 6 nitrogen and oxygen atoms in total. The number of hydroxylamine groups is 1. The van der Waals surface area contributed by atoms with Crippen molar-refractivity contribution < 1.29 is 19.2 Å². The van der Waals surface area contributed by atoms with Gasteiger partial charge in [0.25, 0.3) is 11.8 Å². The fraction of sp³-hybridized carbons (Fsp3) is 0.200. The van der Waals surface area contributed by atoms with Crippen molar-refractivity contribution in [3.8, 4) is 0 Å². The van der Waals surface area contributed by atoms with E-state index in [4.69, 9.17) is 9.62 Å². The minimum Gasteiger partial charge on any atom is -0.451 e. The van der Waals surface area contributed by atoms with Crippen LogP contribution in [0.1, 0.15) is 52.3 Å². The molecule has 0 aliphatic carbocycles. The molecule has 1 atom stereocenters.